The van der Waals surface area contributed by atoms with Crippen molar-refractivity contribution in [2.24, 2.45) is 11.8 Å². The Morgan fingerprint density at radius 1 is 1.50 bits per heavy atom. The van der Waals surface area contributed by atoms with Gasteiger partial charge in [0.15, 0.2) is 0 Å². The highest BCUT2D eigenvalue weighted by atomic mass is 16.5. The van der Waals surface area contributed by atoms with Crippen molar-refractivity contribution in [2.45, 2.75) is 33.1 Å². The van der Waals surface area contributed by atoms with Gasteiger partial charge in [0, 0.05) is 19.6 Å². The van der Waals surface area contributed by atoms with Crippen LogP contribution in [0.4, 0.5) is 0 Å². The van der Waals surface area contributed by atoms with Gasteiger partial charge in [0.1, 0.15) is 6.29 Å². The Morgan fingerprint density at radius 3 is 2.58 bits per heavy atom. The van der Waals surface area contributed by atoms with Gasteiger partial charge >= 0.3 is 0 Å². The first-order valence-electron chi connectivity index (χ1n) is 4.70. The minimum atomic E-state index is 0.136. The molecule has 2 unspecified atom stereocenters. The summed E-state index contributed by atoms with van der Waals surface area (Å²) >= 11 is 0. The van der Waals surface area contributed by atoms with Gasteiger partial charge < -0.3 is 9.53 Å². The number of methoxy groups -OCH3 is 1. The Hall–Kier alpha value is -0.370. The van der Waals surface area contributed by atoms with Gasteiger partial charge in [-0.2, -0.15) is 0 Å². The molecule has 0 bridgehead atoms. The average molecular weight is 172 g/mol. The second-order valence-corrected chi connectivity index (χ2v) is 3.35. The summed E-state index contributed by atoms with van der Waals surface area (Å²) < 4.78 is 5.07. The van der Waals surface area contributed by atoms with Crippen molar-refractivity contribution in [2.75, 3.05) is 13.7 Å². The standard InChI is InChI=1S/C10H20O2/c1-4-5-6-10(8-12-3)9(2)7-11/h7,9-10H,4-6,8H2,1-3H3. The van der Waals surface area contributed by atoms with E-state index in [1.165, 1.54) is 12.8 Å². The van der Waals surface area contributed by atoms with Crippen LogP contribution >= 0.6 is 0 Å². The topological polar surface area (TPSA) is 26.3 Å². The molecule has 2 atom stereocenters. The Balaban J connectivity index is 3.75. The molecular formula is C10H20O2. The monoisotopic (exact) mass is 172 g/mol. The number of hydrogen-bond donors (Lipinski definition) is 0. The minimum Gasteiger partial charge on any atom is -0.384 e. The molecule has 0 aromatic rings. The molecule has 0 N–H and O–H groups in total. The van der Waals surface area contributed by atoms with Crippen LogP contribution in [0.5, 0.6) is 0 Å². The summed E-state index contributed by atoms with van der Waals surface area (Å²) in [6.45, 7) is 4.84. The van der Waals surface area contributed by atoms with Gasteiger partial charge in [-0.3, -0.25) is 0 Å². The van der Waals surface area contributed by atoms with E-state index in [4.69, 9.17) is 4.74 Å². The predicted octanol–water partition coefficient (Wildman–Crippen LogP) is 2.27. The highest BCUT2D eigenvalue weighted by molar-refractivity contribution is 5.53. The third kappa shape index (κ3) is 4.50. The molecule has 0 saturated heterocycles. The maximum Gasteiger partial charge on any atom is 0.123 e. The van der Waals surface area contributed by atoms with Crippen molar-refractivity contribution < 1.29 is 9.53 Å². The van der Waals surface area contributed by atoms with Gasteiger partial charge in [-0.25, -0.2) is 0 Å². The molecule has 0 aliphatic heterocycles. The van der Waals surface area contributed by atoms with E-state index in [0.29, 0.717) is 12.5 Å². The van der Waals surface area contributed by atoms with Crippen molar-refractivity contribution in [3.63, 3.8) is 0 Å². The van der Waals surface area contributed by atoms with E-state index in [1.54, 1.807) is 7.11 Å². The molecule has 0 aliphatic carbocycles. The first-order chi connectivity index (χ1) is 5.76. The second-order valence-electron chi connectivity index (χ2n) is 3.35. The molecule has 0 radical (unpaired) electrons. The maximum absolute atomic E-state index is 10.5. The molecule has 0 amide bonds. The summed E-state index contributed by atoms with van der Waals surface area (Å²) in [7, 11) is 1.69. The Labute approximate surface area is 75.3 Å². The molecule has 2 heteroatoms. The summed E-state index contributed by atoms with van der Waals surface area (Å²) in [6.07, 6.45) is 4.50. The van der Waals surface area contributed by atoms with Crippen LogP contribution < -0.4 is 0 Å². The number of aldehydes is 1. The van der Waals surface area contributed by atoms with Crippen LogP contribution in [-0.4, -0.2) is 20.0 Å². The van der Waals surface area contributed by atoms with Crippen LogP contribution in [0.1, 0.15) is 33.1 Å². The number of unbranched alkanes of at least 4 members (excludes halogenated alkanes) is 1. The summed E-state index contributed by atoms with van der Waals surface area (Å²) in [4.78, 5) is 10.5. The molecule has 0 aromatic heterocycles. The van der Waals surface area contributed by atoms with Crippen LogP contribution in [0.2, 0.25) is 0 Å². The molecule has 0 saturated carbocycles. The van der Waals surface area contributed by atoms with E-state index in [2.05, 4.69) is 6.92 Å². The molecular weight excluding hydrogens is 152 g/mol. The SMILES string of the molecule is CCCCC(COC)C(C)C=O. The van der Waals surface area contributed by atoms with Crippen LogP contribution in [0.15, 0.2) is 0 Å². The lowest BCUT2D eigenvalue weighted by atomic mass is 9.91. The fraction of sp³-hybridized carbons (Fsp3) is 0.900. The molecule has 0 rings (SSSR count). The number of hydrogen-bond acceptors (Lipinski definition) is 2. The van der Waals surface area contributed by atoms with Gasteiger partial charge in [-0.05, 0) is 12.3 Å². The summed E-state index contributed by atoms with van der Waals surface area (Å²) in [6, 6.07) is 0. The smallest absolute Gasteiger partial charge is 0.123 e. The fourth-order valence-corrected chi connectivity index (χ4v) is 1.29. The lowest BCUT2D eigenvalue weighted by Crippen LogP contribution is -2.18. The van der Waals surface area contributed by atoms with E-state index in [1.807, 2.05) is 6.92 Å². The molecule has 0 heterocycles. The van der Waals surface area contributed by atoms with Gasteiger partial charge in [-0.15, -0.1) is 0 Å². The van der Waals surface area contributed by atoms with Gasteiger partial charge in [0.05, 0.1) is 0 Å². The number of carbonyl (C=O) groups excluding carboxylic acids is 1. The quantitative estimate of drug-likeness (QED) is 0.551. The molecule has 0 fully saturated rings. The molecule has 0 aliphatic rings. The van der Waals surface area contributed by atoms with Gasteiger partial charge in [-0.1, -0.05) is 26.7 Å². The normalized spacial score (nSPS) is 15.6. The molecule has 72 valence electrons. The third-order valence-electron chi connectivity index (χ3n) is 2.27. The van der Waals surface area contributed by atoms with Crippen molar-refractivity contribution in [1.82, 2.24) is 0 Å². The molecule has 0 aromatic carbocycles. The Kier molecular flexibility index (Phi) is 7.06. The molecule has 2 nitrogen and oxygen atoms in total. The lowest BCUT2D eigenvalue weighted by molar-refractivity contribution is -0.112. The molecule has 12 heavy (non-hydrogen) atoms. The second kappa shape index (κ2) is 7.29. The molecule has 0 spiro atoms. The minimum absolute atomic E-state index is 0.136. The van der Waals surface area contributed by atoms with Crippen LogP contribution in [-0.2, 0) is 9.53 Å². The van der Waals surface area contributed by atoms with Gasteiger partial charge in [0.2, 0.25) is 0 Å². The van der Waals surface area contributed by atoms with Crippen molar-refractivity contribution in [3.05, 3.63) is 0 Å². The zero-order valence-electron chi connectivity index (χ0n) is 8.38. The zero-order chi connectivity index (χ0) is 9.40. The van der Waals surface area contributed by atoms with E-state index >= 15 is 0 Å². The van der Waals surface area contributed by atoms with Gasteiger partial charge in [0.25, 0.3) is 0 Å². The van der Waals surface area contributed by atoms with Crippen LogP contribution in [0, 0.1) is 11.8 Å². The fourth-order valence-electron chi connectivity index (χ4n) is 1.29. The zero-order valence-corrected chi connectivity index (χ0v) is 8.38. The Bertz CT molecular complexity index is 112. The van der Waals surface area contributed by atoms with Crippen molar-refractivity contribution >= 4 is 6.29 Å². The van der Waals surface area contributed by atoms with Crippen molar-refractivity contribution in [1.29, 1.82) is 0 Å². The number of carbonyl (C=O) groups is 1. The highest BCUT2D eigenvalue weighted by Gasteiger charge is 2.15. The van der Waals surface area contributed by atoms with Crippen LogP contribution in [0.25, 0.3) is 0 Å². The van der Waals surface area contributed by atoms with Crippen molar-refractivity contribution in [3.8, 4) is 0 Å². The summed E-state index contributed by atoms with van der Waals surface area (Å²) in [5.41, 5.74) is 0. The number of rotatable bonds is 7. The first-order valence-corrected chi connectivity index (χ1v) is 4.70. The van der Waals surface area contributed by atoms with E-state index in [-0.39, 0.29) is 5.92 Å². The van der Waals surface area contributed by atoms with E-state index in [9.17, 15) is 4.79 Å². The first kappa shape index (κ1) is 11.6. The summed E-state index contributed by atoms with van der Waals surface area (Å²) in [5.74, 6) is 0.545. The Morgan fingerprint density at radius 2 is 2.17 bits per heavy atom. The number of ether oxygens (including phenoxy) is 1. The predicted molar refractivity (Wildman–Crippen MR) is 50.1 cm³/mol. The lowest BCUT2D eigenvalue weighted by Gasteiger charge is -2.18. The summed E-state index contributed by atoms with van der Waals surface area (Å²) in [5, 5.41) is 0. The third-order valence-corrected chi connectivity index (χ3v) is 2.27. The highest BCUT2D eigenvalue weighted by Crippen LogP contribution is 2.17. The maximum atomic E-state index is 10.5. The average Bonchev–Trinajstić information content (AvgIpc) is 2.11. The van der Waals surface area contributed by atoms with Crippen LogP contribution in [0.3, 0.4) is 0 Å². The van der Waals surface area contributed by atoms with E-state index < -0.39 is 0 Å². The van der Waals surface area contributed by atoms with E-state index in [0.717, 1.165) is 12.7 Å². The largest absolute Gasteiger partial charge is 0.384 e.